The number of likely N-dealkylation sites (tertiary alicyclic amines) is 1. The summed E-state index contributed by atoms with van der Waals surface area (Å²) in [6.07, 6.45) is 5.68. The Morgan fingerprint density at radius 1 is 1.02 bits per heavy atom. The summed E-state index contributed by atoms with van der Waals surface area (Å²) in [5.74, 6) is -2.80. The van der Waals surface area contributed by atoms with Crippen LogP contribution in [0.15, 0.2) is 36.9 Å². The molecule has 2 unspecified atom stereocenters. The van der Waals surface area contributed by atoms with Gasteiger partial charge in [-0.1, -0.05) is 84.7 Å². The Hall–Kier alpha value is -4.42. The van der Waals surface area contributed by atoms with Crippen LogP contribution in [-0.2, 0) is 32.0 Å². The standard InChI is InChI=1S/C40H61N7O6/c1-8-10-16-30(34(48)36(50)41-18-9-2)43-35(49)33-29(25(3)4)17-21-47(33)37(51)32(28-22-26-14-11-12-15-27(26)23-28)45-38(52)44-31(40(5,6)7)24-46-20-13-19-42-39(46)53/h9,11-12,14-15,25,28-33H,2,8,10,13,16-24H2,1,3-7H3,(H,41,50)(H,42,53)(H,43,49)(H2,44,45,52)/t29-,30?,31-,32+,33?/m1/s1. The van der Waals surface area contributed by atoms with E-state index in [2.05, 4.69) is 33.2 Å². The molecular formula is C40H61N7O6. The molecule has 2 aliphatic heterocycles. The number of rotatable bonds is 16. The van der Waals surface area contributed by atoms with Crippen molar-refractivity contribution in [1.82, 2.24) is 36.4 Å². The van der Waals surface area contributed by atoms with E-state index in [4.69, 9.17) is 0 Å². The minimum atomic E-state index is -1.04. The SMILES string of the molecule is C=CCNC(=O)C(=O)C(CCCC)NC(=O)C1[C@@H](C(C)C)CCN1C(=O)[C@@H](NC(=O)N[C@H](CN1CCCNC1=O)C(C)(C)C)C1Cc2ccccc2C1. The molecule has 0 bridgehead atoms. The van der Waals surface area contributed by atoms with Gasteiger partial charge in [-0.15, -0.1) is 6.58 Å². The minimum absolute atomic E-state index is 0.0363. The van der Waals surface area contributed by atoms with Crippen LogP contribution in [0, 0.1) is 23.2 Å². The number of hydrogen-bond acceptors (Lipinski definition) is 6. The Bertz CT molecular complexity index is 1480. The number of unbranched alkanes of at least 4 members (excludes halogenated alkanes) is 1. The molecule has 2 heterocycles. The van der Waals surface area contributed by atoms with E-state index in [1.54, 1.807) is 9.80 Å². The molecule has 0 spiro atoms. The molecule has 2 saturated heterocycles. The number of ketones is 1. The lowest BCUT2D eigenvalue weighted by atomic mass is 9.86. The number of urea groups is 2. The minimum Gasteiger partial charge on any atom is -0.346 e. The smallest absolute Gasteiger partial charge is 0.317 e. The van der Waals surface area contributed by atoms with Crippen LogP contribution in [0.2, 0.25) is 0 Å². The molecule has 2 fully saturated rings. The molecule has 1 aromatic rings. The summed E-state index contributed by atoms with van der Waals surface area (Å²) >= 11 is 0. The fourth-order valence-electron chi connectivity index (χ4n) is 7.78. The number of carbonyl (C=O) groups is 6. The summed E-state index contributed by atoms with van der Waals surface area (Å²) in [4.78, 5) is 84.8. The zero-order chi connectivity index (χ0) is 38.9. The largest absolute Gasteiger partial charge is 0.346 e. The fraction of sp³-hybridized carbons (Fsp3) is 0.650. The van der Waals surface area contributed by atoms with Gasteiger partial charge in [-0.25, -0.2) is 9.59 Å². The zero-order valence-corrected chi connectivity index (χ0v) is 32.5. The second-order valence-corrected chi connectivity index (χ2v) is 16.2. The average molecular weight is 736 g/mol. The van der Waals surface area contributed by atoms with E-state index in [1.807, 2.05) is 65.8 Å². The summed E-state index contributed by atoms with van der Waals surface area (Å²) in [5.41, 5.74) is 1.82. The quantitative estimate of drug-likeness (QED) is 0.129. The Balaban J connectivity index is 1.60. The average Bonchev–Trinajstić information content (AvgIpc) is 3.76. The van der Waals surface area contributed by atoms with Crippen molar-refractivity contribution in [3.05, 3.63) is 48.0 Å². The van der Waals surface area contributed by atoms with Crippen molar-refractivity contribution in [3.63, 3.8) is 0 Å². The van der Waals surface area contributed by atoms with Crippen LogP contribution in [0.3, 0.4) is 0 Å². The van der Waals surface area contributed by atoms with Crippen molar-refractivity contribution in [1.29, 1.82) is 0 Å². The fourth-order valence-corrected chi connectivity index (χ4v) is 7.78. The third-order valence-corrected chi connectivity index (χ3v) is 11.0. The highest BCUT2D eigenvalue weighted by Gasteiger charge is 2.48. The van der Waals surface area contributed by atoms with Gasteiger partial charge < -0.3 is 36.4 Å². The van der Waals surface area contributed by atoms with Crippen molar-refractivity contribution in [3.8, 4) is 0 Å². The van der Waals surface area contributed by atoms with Crippen LogP contribution in [0.1, 0.15) is 84.8 Å². The summed E-state index contributed by atoms with van der Waals surface area (Å²) < 4.78 is 0. The lowest BCUT2D eigenvalue weighted by Crippen LogP contribution is -2.62. The van der Waals surface area contributed by atoms with Crippen LogP contribution in [0.25, 0.3) is 0 Å². The van der Waals surface area contributed by atoms with Gasteiger partial charge in [0.25, 0.3) is 5.91 Å². The summed E-state index contributed by atoms with van der Waals surface area (Å²) in [7, 11) is 0. The highest BCUT2D eigenvalue weighted by molar-refractivity contribution is 6.38. The normalized spacial score (nSPS) is 20.5. The third-order valence-electron chi connectivity index (χ3n) is 11.0. The predicted molar refractivity (Wildman–Crippen MR) is 204 cm³/mol. The number of nitrogens with one attached hydrogen (secondary N) is 5. The predicted octanol–water partition coefficient (Wildman–Crippen LogP) is 3.32. The van der Waals surface area contributed by atoms with Gasteiger partial charge in [-0.05, 0) is 66.4 Å². The number of benzene rings is 1. The highest BCUT2D eigenvalue weighted by atomic mass is 16.2. The Kier molecular flexibility index (Phi) is 14.5. The van der Waals surface area contributed by atoms with Gasteiger partial charge in [0.15, 0.2) is 0 Å². The maximum absolute atomic E-state index is 14.9. The molecule has 1 aromatic carbocycles. The van der Waals surface area contributed by atoms with Crippen LogP contribution in [-0.4, -0.2) is 102 Å². The van der Waals surface area contributed by atoms with E-state index < -0.39 is 53.2 Å². The maximum atomic E-state index is 14.9. The second kappa shape index (κ2) is 18.6. The van der Waals surface area contributed by atoms with Crippen molar-refractivity contribution >= 4 is 35.6 Å². The summed E-state index contributed by atoms with van der Waals surface area (Å²) in [6.45, 7) is 17.5. The second-order valence-electron chi connectivity index (χ2n) is 16.2. The first kappa shape index (κ1) is 41.3. The molecule has 53 heavy (non-hydrogen) atoms. The maximum Gasteiger partial charge on any atom is 0.317 e. The van der Waals surface area contributed by atoms with Crippen LogP contribution in [0.4, 0.5) is 9.59 Å². The molecule has 0 saturated carbocycles. The lowest BCUT2D eigenvalue weighted by molar-refractivity contribution is -0.144. The number of fused-ring (bicyclic) bond motifs is 1. The van der Waals surface area contributed by atoms with Crippen molar-refractivity contribution < 1.29 is 28.8 Å². The Morgan fingerprint density at radius 2 is 1.70 bits per heavy atom. The molecule has 13 nitrogen and oxygen atoms in total. The molecule has 5 N–H and O–H groups in total. The molecule has 5 atom stereocenters. The van der Waals surface area contributed by atoms with E-state index in [-0.39, 0.29) is 42.7 Å². The molecule has 3 aliphatic rings. The van der Waals surface area contributed by atoms with E-state index in [0.29, 0.717) is 51.9 Å². The number of amides is 7. The monoisotopic (exact) mass is 735 g/mol. The summed E-state index contributed by atoms with van der Waals surface area (Å²) in [6, 6.07) is 4.00. The molecule has 13 heteroatoms. The van der Waals surface area contributed by atoms with Gasteiger partial charge in [0, 0.05) is 32.7 Å². The van der Waals surface area contributed by atoms with Gasteiger partial charge in [0.05, 0.1) is 12.1 Å². The Labute approximate surface area is 314 Å². The van der Waals surface area contributed by atoms with Crippen LogP contribution in [0.5, 0.6) is 0 Å². The van der Waals surface area contributed by atoms with E-state index in [9.17, 15) is 28.8 Å². The molecule has 292 valence electrons. The topological polar surface area (TPSA) is 169 Å². The first-order valence-electron chi connectivity index (χ1n) is 19.4. The zero-order valence-electron chi connectivity index (χ0n) is 32.5. The first-order chi connectivity index (χ1) is 25.2. The molecule has 1 aliphatic carbocycles. The molecule has 0 aromatic heterocycles. The van der Waals surface area contributed by atoms with E-state index >= 15 is 0 Å². The van der Waals surface area contributed by atoms with Gasteiger partial charge >= 0.3 is 12.1 Å². The van der Waals surface area contributed by atoms with Gasteiger partial charge in [-0.3, -0.25) is 19.2 Å². The van der Waals surface area contributed by atoms with Crippen molar-refractivity contribution in [2.24, 2.45) is 23.2 Å². The molecular weight excluding hydrogens is 674 g/mol. The van der Waals surface area contributed by atoms with E-state index in [1.165, 1.54) is 6.08 Å². The lowest BCUT2D eigenvalue weighted by Gasteiger charge is -2.38. The molecule has 4 rings (SSSR count). The van der Waals surface area contributed by atoms with Gasteiger partial charge in [0.1, 0.15) is 12.1 Å². The van der Waals surface area contributed by atoms with Crippen molar-refractivity contribution in [2.45, 2.75) is 111 Å². The third kappa shape index (κ3) is 10.6. The van der Waals surface area contributed by atoms with Gasteiger partial charge in [0.2, 0.25) is 17.6 Å². The number of hydrogen-bond donors (Lipinski definition) is 5. The van der Waals surface area contributed by atoms with Crippen LogP contribution < -0.4 is 26.6 Å². The first-order valence-corrected chi connectivity index (χ1v) is 19.4. The molecule has 0 radical (unpaired) electrons. The number of carbonyl (C=O) groups excluding carboxylic acids is 6. The van der Waals surface area contributed by atoms with Gasteiger partial charge in [-0.2, -0.15) is 0 Å². The van der Waals surface area contributed by atoms with Crippen molar-refractivity contribution in [2.75, 3.05) is 32.7 Å². The Morgan fingerprint density at radius 3 is 2.28 bits per heavy atom. The number of nitrogens with zero attached hydrogens (tertiary/aromatic N) is 2. The highest BCUT2D eigenvalue weighted by Crippen LogP contribution is 2.35. The number of Topliss-reactive ketones (excluding diaryl/α,β-unsaturated/α-hetero) is 1. The molecule has 7 amide bonds. The summed E-state index contributed by atoms with van der Waals surface area (Å²) in [5, 5.41) is 14.4. The van der Waals surface area contributed by atoms with E-state index in [0.717, 1.165) is 24.0 Å². The van der Waals surface area contributed by atoms with Crippen LogP contribution >= 0.6 is 0 Å².